The lowest BCUT2D eigenvalue weighted by molar-refractivity contribution is 0.284. The van der Waals surface area contributed by atoms with Gasteiger partial charge < -0.3 is 9.88 Å². The summed E-state index contributed by atoms with van der Waals surface area (Å²) in [5.41, 5.74) is 3.76. The largest absolute Gasteiger partial charge is 0.352 e. The Balaban J connectivity index is 1.30. The Bertz CT molecular complexity index is 1160. The fourth-order valence-electron chi connectivity index (χ4n) is 3.94. The van der Waals surface area contributed by atoms with E-state index in [-0.39, 0.29) is 5.82 Å². The van der Waals surface area contributed by atoms with Gasteiger partial charge >= 0.3 is 0 Å². The molecule has 0 aliphatic carbocycles. The van der Waals surface area contributed by atoms with Gasteiger partial charge in [-0.25, -0.2) is 14.4 Å². The van der Waals surface area contributed by atoms with E-state index in [2.05, 4.69) is 61.2 Å². The van der Waals surface area contributed by atoms with Crippen LogP contribution in [0.4, 0.5) is 10.2 Å². The fourth-order valence-corrected chi connectivity index (χ4v) is 3.94. The molecule has 0 saturated carbocycles. The lowest BCUT2D eigenvalue weighted by atomic mass is 10.2. The maximum atomic E-state index is 13.7. The Labute approximate surface area is 168 Å². The number of H-pyrrole nitrogens is 1. The number of fused-ring (bicyclic) bond motifs is 3. The molecule has 4 aromatic rings. The molecule has 0 amide bonds. The van der Waals surface area contributed by atoms with Crippen LogP contribution in [-0.4, -0.2) is 52.6 Å². The molecule has 0 atom stereocenters. The van der Waals surface area contributed by atoms with E-state index in [1.807, 2.05) is 6.07 Å². The number of halogens is 1. The Morgan fingerprint density at radius 2 is 1.83 bits per heavy atom. The van der Waals surface area contributed by atoms with E-state index in [1.54, 1.807) is 12.4 Å². The van der Waals surface area contributed by atoms with E-state index in [0.29, 0.717) is 0 Å². The molecule has 2 aromatic heterocycles. The molecule has 0 bridgehead atoms. The number of piperazine rings is 1. The fraction of sp³-hybridized carbons (Fsp3) is 0.217. The molecule has 1 fully saturated rings. The lowest BCUT2D eigenvalue weighted by Gasteiger charge is -2.34. The second-order valence-electron chi connectivity index (χ2n) is 7.34. The van der Waals surface area contributed by atoms with Gasteiger partial charge in [0.25, 0.3) is 0 Å². The third-order valence-corrected chi connectivity index (χ3v) is 5.47. The number of aromatic nitrogens is 3. The van der Waals surface area contributed by atoms with Gasteiger partial charge in [-0.05, 0) is 23.8 Å². The van der Waals surface area contributed by atoms with Crippen LogP contribution in [0.3, 0.4) is 0 Å². The summed E-state index contributed by atoms with van der Waals surface area (Å²) in [5, 5.41) is 0.799. The Morgan fingerprint density at radius 1 is 1.00 bits per heavy atom. The monoisotopic (exact) mass is 387 g/mol. The number of nitrogens with one attached hydrogen (secondary N) is 1. The molecule has 6 heteroatoms. The molecule has 0 spiro atoms. The smallest absolute Gasteiger partial charge is 0.156 e. The van der Waals surface area contributed by atoms with Crippen molar-refractivity contribution in [3.63, 3.8) is 0 Å². The number of hydrogen-bond donors (Lipinski definition) is 1. The number of nitrogens with zero attached hydrogens (tertiary/aromatic N) is 4. The Morgan fingerprint density at radius 3 is 2.66 bits per heavy atom. The second-order valence-corrected chi connectivity index (χ2v) is 7.34. The third kappa shape index (κ3) is 3.59. The third-order valence-electron chi connectivity index (χ3n) is 5.47. The minimum atomic E-state index is -0.254. The average Bonchev–Trinajstić information content (AvgIpc) is 3.13. The zero-order valence-electron chi connectivity index (χ0n) is 16.1. The minimum absolute atomic E-state index is 0.254. The van der Waals surface area contributed by atoms with Crippen LogP contribution in [0.1, 0.15) is 5.56 Å². The molecule has 1 N–H and O–H groups in total. The molecule has 1 aliphatic heterocycles. The summed E-state index contributed by atoms with van der Waals surface area (Å²) in [6, 6.07) is 15.1. The molecular weight excluding hydrogens is 365 g/mol. The van der Waals surface area contributed by atoms with E-state index in [9.17, 15) is 4.39 Å². The van der Waals surface area contributed by atoms with Crippen LogP contribution in [0.2, 0.25) is 0 Å². The predicted molar refractivity (Wildman–Crippen MR) is 115 cm³/mol. The molecule has 0 radical (unpaired) electrons. The minimum Gasteiger partial charge on any atom is -0.352 e. The molecule has 0 unspecified atom stereocenters. The van der Waals surface area contributed by atoms with Crippen LogP contribution in [0.15, 0.2) is 60.9 Å². The van der Waals surface area contributed by atoms with E-state index in [4.69, 9.17) is 0 Å². The van der Waals surface area contributed by atoms with Crippen molar-refractivity contribution >= 4 is 33.8 Å². The van der Waals surface area contributed by atoms with Gasteiger partial charge in [-0.1, -0.05) is 42.5 Å². The van der Waals surface area contributed by atoms with Gasteiger partial charge in [0.1, 0.15) is 23.2 Å². The molecule has 5 rings (SSSR count). The quantitative estimate of drug-likeness (QED) is 0.573. The van der Waals surface area contributed by atoms with E-state index >= 15 is 0 Å². The zero-order valence-corrected chi connectivity index (χ0v) is 16.1. The lowest BCUT2D eigenvalue weighted by Crippen LogP contribution is -2.46. The Hall–Kier alpha value is -3.25. The molecular formula is C23H22FN5. The molecule has 5 nitrogen and oxygen atoms in total. The highest BCUT2D eigenvalue weighted by Crippen LogP contribution is 2.30. The number of benzene rings is 2. The van der Waals surface area contributed by atoms with Crippen molar-refractivity contribution in [2.45, 2.75) is 0 Å². The zero-order chi connectivity index (χ0) is 19.6. The number of anilines is 1. The van der Waals surface area contributed by atoms with Gasteiger partial charge in [-0.3, -0.25) is 4.90 Å². The van der Waals surface area contributed by atoms with Crippen molar-refractivity contribution < 1.29 is 4.39 Å². The average molecular weight is 387 g/mol. The highest BCUT2D eigenvalue weighted by molar-refractivity contribution is 6.08. The van der Waals surface area contributed by atoms with Crippen LogP contribution in [-0.2, 0) is 0 Å². The summed E-state index contributed by atoms with van der Waals surface area (Å²) >= 11 is 0. The maximum absolute atomic E-state index is 13.7. The summed E-state index contributed by atoms with van der Waals surface area (Å²) in [5.74, 6) is 0.641. The second kappa shape index (κ2) is 7.64. The van der Waals surface area contributed by atoms with Gasteiger partial charge in [-0.15, -0.1) is 0 Å². The highest BCUT2D eigenvalue weighted by atomic mass is 19.1. The summed E-state index contributed by atoms with van der Waals surface area (Å²) in [4.78, 5) is 17.0. The van der Waals surface area contributed by atoms with Crippen molar-refractivity contribution in [1.29, 1.82) is 0 Å². The van der Waals surface area contributed by atoms with Crippen LogP contribution in [0.25, 0.3) is 28.0 Å². The van der Waals surface area contributed by atoms with Crippen LogP contribution in [0.5, 0.6) is 0 Å². The number of aromatic amines is 1. The van der Waals surface area contributed by atoms with Crippen LogP contribution >= 0.6 is 0 Å². The first-order valence-corrected chi connectivity index (χ1v) is 9.89. The van der Waals surface area contributed by atoms with Crippen molar-refractivity contribution in [2.24, 2.45) is 0 Å². The maximum Gasteiger partial charge on any atom is 0.156 e. The molecule has 2 aromatic carbocycles. The van der Waals surface area contributed by atoms with Gasteiger partial charge in [0.15, 0.2) is 5.82 Å². The molecule has 29 heavy (non-hydrogen) atoms. The molecule has 1 saturated heterocycles. The SMILES string of the molecule is Fc1ccc2[nH]c3c(N4CCN(CC=Cc5ccccc5)CC4)ncnc3c2c1. The molecule has 3 heterocycles. The van der Waals surface area contributed by atoms with E-state index < -0.39 is 0 Å². The van der Waals surface area contributed by atoms with Crippen molar-refractivity contribution in [3.05, 3.63) is 72.3 Å². The van der Waals surface area contributed by atoms with Crippen molar-refractivity contribution in [3.8, 4) is 0 Å². The molecule has 1 aliphatic rings. The predicted octanol–water partition coefficient (Wildman–Crippen LogP) is 4.09. The van der Waals surface area contributed by atoms with Crippen molar-refractivity contribution in [2.75, 3.05) is 37.6 Å². The first kappa shape index (κ1) is 17.8. The van der Waals surface area contributed by atoms with Gasteiger partial charge in [0, 0.05) is 43.6 Å². The van der Waals surface area contributed by atoms with Crippen molar-refractivity contribution in [1.82, 2.24) is 19.9 Å². The normalized spacial score (nSPS) is 15.7. The first-order chi connectivity index (χ1) is 14.3. The molecule has 146 valence electrons. The highest BCUT2D eigenvalue weighted by Gasteiger charge is 2.21. The Kier molecular flexibility index (Phi) is 4.69. The van der Waals surface area contributed by atoms with Crippen LogP contribution in [0, 0.1) is 5.82 Å². The van der Waals surface area contributed by atoms with Gasteiger partial charge in [0.2, 0.25) is 0 Å². The van der Waals surface area contributed by atoms with Crippen LogP contribution < -0.4 is 4.90 Å². The summed E-state index contributed by atoms with van der Waals surface area (Å²) in [6.45, 7) is 4.68. The topological polar surface area (TPSA) is 48.1 Å². The summed E-state index contributed by atoms with van der Waals surface area (Å²) in [7, 11) is 0. The standard InChI is InChI=1S/C23H22FN5/c24-18-8-9-20-19(15-18)21-22(27-20)23(26-16-25-21)29-13-11-28(12-14-29)10-4-7-17-5-2-1-3-6-17/h1-9,15-16,27H,10-14H2. The number of hydrogen-bond acceptors (Lipinski definition) is 4. The summed E-state index contributed by atoms with van der Waals surface area (Å²) in [6.07, 6.45) is 5.97. The first-order valence-electron chi connectivity index (χ1n) is 9.89. The van der Waals surface area contributed by atoms with Gasteiger partial charge in [0.05, 0.1) is 0 Å². The number of rotatable bonds is 4. The summed E-state index contributed by atoms with van der Waals surface area (Å²) < 4.78 is 13.7. The van der Waals surface area contributed by atoms with E-state index in [1.165, 1.54) is 17.7 Å². The van der Waals surface area contributed by atoms with Gasteiger partial charge in [-0.2, -0.15) is 0 Å². The van der Waals surface area contributed by atoms with E-state index in [0.717, 1.165) is 60.5 Å².